The molecule has 1 amide bonds. The van der Waals surface area contributed by atoms with Crippen LogP contribution in [-0.4, -0.2) is 18.6 Å². The largest absolute Gasteiger partial charge is 0.378 e. The van der Waals surface area contributed by atoms with E-state index in [1.807, 2.05) is 19.1 Å². The zero-order valence-electron chi connectivity index (χ0n) is 10.3. The summed E-state index contributed by atoms with van der Waals surface area (Å²) in [6.07, 6.45) is 0.967. The van der Waals surface area contributed by atoms with Gasteiger partial charge in [-0.3, -0.25) is 4.79 Å². The SMILES string of the molecule is CC1CC(C(=O)NCc2ccc(C#N)cc2)CO1. The van der Waals surface area contributed by atoms with Crippen LogP contribution >= 0.6 is 0 Å². The van der Waals surface area contributed by atoms with Gasteiger partial charge in [0.05, 0.1) is 30.3 Å². The predicted octanol–water partition coefficient (Wildman–Crippen LogP) is 1.60. The number of nitrogens with zero attached hydrogens (tertiary/aromatic N) is 1. The van der Waals surface area contributed by atoms with Crippen LogP contribution in [0.15, 0.2) is 24.3 Å². The lowest BCUT2D eigenvalue weighted by Crippen LogP contribution is -2.30. The smallest absolute Gasteiger partial charge is 0.225 e. The first-order valence-corrected chi connectivity index (χ1v) is 6.07. The van der Waals surface area contributed by atoms with Gasteiger partial charge in [-0.1, -0.05) is 12.1 Å². The van der Waals surface area contributed by atoms with Gasteiger partial charge in [-0.15, -0.1) is 0 Å². The van der Waals surface area contributed by atoms with Crippen LogP contribution in [0.2, 0.25) is 0 Å². The Bertz CT molecular complexity index is 462. The van der Waals surface area contributed by atoms with Crippen molar-refractivity contribution in [2.45, 2.75) is 26.0 Å². The van der Waals surface area contributed by atoms with Crippen molar-refractivity contribution in [1.29, 1.82) is 5.26 Å². The van der Waals surface area contributed by atoms with Gasteiger partial charge in [0.1, 0.15) is 0 Å². The number of hydrogen-bond donors (Lipinski definition) is 1. The number of amides is 1. The standard InChI is InChI=1S/C14H16N2O2/c1-10-6-13(9-18-10)14(17)16-8-12-4-2-11(7-15)3-5-12/h2-5,10,13H,6,8-9H2,1H3,(H,16,17). The van der Waals surface area contributed by atoms with Crippen LogP contribution in [0, 0.1) is 17.2 Å². The van der Waals surface area contributed by atoms with Crippen molar-refractivity contribution in [2.24, 2.45) is 5.92 Å². The first-order valence-electron chi connectivity index (χ1n) is 6.07. The van der Waals surface area contributed by atoms with Crippen LogP contribution < -0.4 is 5.32 Å². The van der Waals surface area contributed by atoms with E-state index >= 15 is 0 Å². The molecule has 1 aromatic rings. The first kappa shape index (κ1) is 12.6. The van der Waals surface area contributed by atoms with Crippen molar-refractivity contribution >= 4 is 5.91 Å². The molecule has 94 valence electrons. The second-order valence-corrected chi connectivity index (χ2v) is 4.60. The molecule has 0 bridgehead atoms. The Kier molecular flexibility index (Phi) is 3.96. The Labute approximate surface area is 107 Å². The van der Waals surface area contributed by atoms with E-state index in [0.29, 0.717) is 18.7 Å². The van der Waals surface area contributed by atoms with Crippen LogP contribution in [0.25, 0.3) is 0 Å². The second kappa shape index (κ2) is 5.65. The van der Waals surface area contributed by atoms with Gasteiger partial charge in [-0.25, -0.2) is 0 Å². The van der Waals surface area contributed by atoms with Gasteiger partial charge in [-0.2, -0.15) is 5.26 Å². The minimum atomic E-state index is -0.0293. The zero-order chi connectivity index (χ0) is 13.0. The molecule has 2 rings (SSSR count). The lowest BCUT2D eigenvalue weighted by molar-refractivity contribution is -0.125. The fourth-order valence-electron chi connectivity index (χ4n) is 2.03. The van der Waals surface area contributed by atoms with Crippen molar-refractivity contribution < 1.29 is 9.53 Å². The fourth-order valence-corrected chi connectivity index (χ4v) is 2.03. The molecule has 0 aromatic heterocycles. The minimum absolute atomic E-state index is 0.0293. The van der Waals surface area contributed by atoms with E-state index in [0.717, 1.165) is 12.0 Å². The minimum Gasteiger partial charge on any atom is -0.378 e. The van der Waals surface area contributed by atoms with Gasteiger partial charge in [0, 0.05) is 6.54 Å². The highest BCUT2D eigenvalue weighted by molar-refractivity contribution is 5.79. The van der Waals surface area contributed by atoms with Crippen LogP contribution in [0.3, 0.4) is 0 Å². The Hall–Kier alpha value is -1.86. The van der Waals surface area contributed by atoms with Gasteiger partial charge < -0.3 is 10.1 Å². The molecular formula is C14H16N2O2. The third-order valence-electron chi connectivity index (χ3n) is 3.12. The number of rotatable bonds is 3. The number of carbonyl (C=O) groups is 1. The maximum absolute atomic E-state index is 11.8. The highest BCUT2D eigenvalue weighted by Gasteiger charge is 2.27. The number of carbonyl (C=O) groups excluding carboxylic acids is 1. The molecular weight excluding hydrogens is 228 g/mol. The summed E-state index contributed by atoms with van der Waals surface area (Å²) in [5.74, 6) is 0.0158. The fraction of sp³-hybridized carbons (Fsp3) is 0.429. The van der Waals surface area contributed by atoms with Gasteiger partial charge in [0.25, 0.3) is 0 Å². The average molecular weight is 244 g/mol. The monoisotopic (exact) mass is 244 g/mol. The molecule has 1 aliphatic rings. The molecule has 1 N–H and O–H groups in total. The predicted molar refractivity (Wildman–Crippen MR) is 66.5 cm³/mol. The van der Waals surface area contributed by atoms with Gasteiger partial charge in [-0.05, 0) is 31.0 Å². The number of ether oxygens (including phenoxy) is 1. The van der Waals surface area contributed by atoms with Crippen LogP contribution in [0.4, 0.5) is 0 Å². The normalized spacial score (nSPS) is 22.4. The molecule has 1 heterocycles. The molecule has 0 saturated carbocycles. The molecule has 1 aromatic carbocycles. The molecule has 2 unspecified atom stereocenters. The highest BCUT2D eigenvalue weighted by Crippen LogP contribution is 2.19. The molecule has 2 atom stereocenters. The number of hydrogen-bond acceptors (Lipinski definition) is 3. The Morgan fingerprint density at radius 1 is 1.50 bits per heavy atom. The maximum atomic E-state index is 11.8. The van der Waals surface area contributed by atoms with Crippen molar-refractivity contribution in [3.05, 3.63) is 35.4 Å². The van der Waals surface area contributed by atoms with Crippen molar-refractivity contribution in [3.8, 4) is 6.07 Å². The molecule has 0 aliphatic carbocycles. The third kappa shape index (κ3) is 3.08. The van der Waals surface area contributed by atoms with E-state index in [4.69, 9.17) is 10.00 Å². The van der Waals surface area contributed by atoms with Crippen LogP contribution in [0.1, 0.15) is 24.5 Å². The van der Waals surface area contributed by atoms with Crippen molar-refractivity contribution in [2.75, 3.05) is 6.61 Å². The summed E-state index contributed by atoms with van der Waals surface area (Å²) in [4.78, 5) is 11.8. The number of nitrogens with one attached hydrogen (secondary N) is 1. The molecule has 0 spiro atoms. The molecule has 1 saturated heterocycles. The van der Waals surface area contributed by atoms with E-state index in [9.17, 15) is 4.79 Å². The molecule has 4 nitrogen and oxygen atoms in total. The molecule has 1 aliphatic heterocycles. The summed E-state index contributed by atoms with van der Waals surface area (Å²) in [5.41, 5.74) is 1.62. The van der Waals surface area contributed by atoms with Crippen molar-refractivity contribution in [3.63, 3.8) is 0 Å². The summed E-state index contributed by atoms with van der Waals surface area (Å²) in [6.45, 7) is 2.99. The first-order chi connectivity index (χ1) is 8.69. The Morgan fingerprint density at radius 2 is 2.22 bits per heavy atom. The zero-order valence-corrected chi connectivity index (χ0v) is 10.3. The van der Waals surface area contributed by atoms with Crippen LogP contribution in [0.5, 0.6) is 0 Å². The van der Waals surface area contributed by atoms with Gasteiger partial charge in [0.15, 0.2) is 0 Å². The van der Waals surface area contributed by atoms with E-state index in [1.165, 1.54) is 0 Å². The summed E-state index contributed by atoms with van der Waals surface area (Å²) in [6, 6.07) is 9.28. The third-order valence-corrected chi connectivity index (χ3v) is 3.12. The quantitative estimate of drug-likeness (QED) is 0.878. The second-order valence-electron chi connectivity index (χ2n) is 4.60. The lowest BCUT2D eigenvalue weighted by atomic mass is 10.1. The average Bonchev–Trinajstić information content (AvgIpc) is 2.83. The van der Waals surface area contributed by atoms with E-state index < -0.39 is 0 Å². The number of benzene rings is 1. The van der Waals surface area contributed by atoms with E-state index in [1.54, 1.807) is 12.1 Å². The summed E-state index contributed by atoms with van der Waals surface area (Å²) in [5, 5.41) is 11.6. The Morgan fingerprint density at radius 3 is 2.78 bits per heavy atom. The van der Waals surface area contributed by atoms with Crippen LogP contribution in [-0.2, 0) is 16.1 Å². The molecule has 0 radical (unpaired) electrons. The van der Waals surface area contributed by atoms with Crippen molar-refractivity contribution in [1.82, 2.24) is 5.32 Å². The summed E-state index contributed by atoms with van der Waals surface area (Å²) < 4.78 is 5.37. The summed E-state index contributed by atoms with van der Waals surface area (Å²) in [7, 11) is 0. The number of nitriles is 1. The van der Waals surface area contributed by atoms with E-state index in [2.05, 4.69) is 11.4 Å². The molecule has 18 heavy (non-hydrogen) atoms. The topological polar surface area (TPSA) is 62.1 Å². The summed E-state index contributed by atoms with van der Waals surface area (Å²) >= 11 is 0. The van der Waals surface area contributed by atoms with E-state index in [-0.39, 0.29) is 17.9 Å². The lowest BCUT2D eigenvalue weighted by Gasteiger charge is -2.09. The molecule has 1 fully saturated rings. The maximum Gasteiger partial charge on any atom is 0.225 e. The van der Waals surface area contributed by atoms with Gasteiger partial charge >= 0.3 is 0 Å². The highest BCUT2D eigenvalue weighted by atomic mass is 16.5. The van der Waals surface area contributed by atoms with Gasteiger partial charge in [0.2, 0.25) is 5.91 Å². The Balaban J connectivity index is 1.84. The molecule has 4 heteroatoms.